The van der Waals surface area contributed by atoms with Crippen LogP contribution in [0.15, 0.2) is 11.6 Å². The zero-order valence-electron chi connectivity index (χ0n) is 17.1. The lowest BCUT2D eigenvalue weighted by atomic mass is 9.90. The summed E-state index contributed by atoms with van der Waals surface area (Å²) in [7, 11) is -3.30. The van der Waals surface area contributed by atoms with Crippen LogP contribution in [0.4, 0.5) is 4.39 Å². The first-order valence-corrected chi connectivity index (χ1v) is 11.5. The molecule has 0 aromatic rings. The zero-order chi connectivity index (χ0) is 23.0. The topological polar surface area (TPSA) is 146 Å². The number of hydrogen-bond donors (Lipinski definition) is 1. The van der Waals surface area contributed by atoms with Gasteiger partial charge in [0.25, 0.3) is 0 Å². The van der Waals surface area contributed by atoms with Gasteiger partial charge in [-0.05, 0) is 19.8 Å². The summed E-state index contributed by atoms with van der Waals surface area (Å²) in [5, 5.41) is 12.0. The maximum absolute atomic E-state index is 14.2. The fourth-order valence-electron chi connectivity index (χ4n) is 3.81. The molecule has 2 saturated heterocycles. The van der Waals surface area contributed by atoms with E-state index in [9.17, 15) is 27.2 Å². The number of sulfonamides is 1. The zero-order valence-corrected chi connectivity index (χ0v) is 17.9. The second-order valence-electron chi connectivity index (χ2n) is 8.08. The summed E-state index contributed by atoms with van der Waals surface area (Å²) < 4.78 is 49.1. The number of hydrogen-bond acceptors (Lipinski definition) is 9. The molecule has 1 amide bonds. The Morgan fingerprint density at radius 2 is 2.00 bits per heavy atom. The number of piperidine rings is 1. The lowest BCUT2D eigenvalue weighted by Gasteiger charge is -2.40. The largest absolute Gasteiger partial charge is 0.400 e. The molecule has 2 fully saturated rings. The average Bonchev–Trinajstić information content (AvgIpc) is 2.92. The number of amides is 1. The van der Waals surface area contributed by atoms with E-state index in [-0.39, 0.29) is 19.6 Å². The molecule has 0 radical (unpaired) electrons. The van der Waals surface area contributed by atoms with Gasteiger partial charge >= 0.3 is 17.8 Å². The van der Waals surface area contributed by atoms with E-state index in [1.807, 2.05) is 6.92 Å². The first-order chi connectivity index (χ1) is 14.4. The molecule has 0 unspecified atom stereocenters. The van der Waals surface area contributed by atoms with Crippen LogP contribution in [-0.4, -0.2) is 85.5 Å². The predicted octanol–water partition coefficient (Wildman–Crippen LogP) is -0.836. The van der Waals surface area contributed by atoms with Crippen LogP contribution in [0, 0.1) is 11.3 Å². The lowest BCUT2D eigenvalue weighted by molar-refractivity contribution is -0.264. The Kier molecular flexibility index (Phi) is 6.09. The van der Waals surface area contributed by atoms with Crippen molar-refractivity contribution in [2.24, 2.45) is 0 Å². The number of nitrogens with one attached hydrogen (secondary N) is 1. The number of alkyl halides is 1. The van der Waals surface area contributed by atoms with Crippen molar-refractivity contribution in [2.45, 2.75) is 43.8 Å². The molecule has 0 bridgehead atoms. The van der Waals surface area contributed by atoms with Crippen LogP contribution in [-0.2, 0) is 33.9 Å². The van der Waals surface area contributed by atoms with E-state index in [2.05, 4.69) is 5.32 Å². The van der Waals surface area contributed by atoms with Crippen LogP contribution < -0.4 is 5.32 Å². The number of esters is 2. The van der Waals surface area contributed by atoms with E-state index in [0.29, 0.717) is 18.9 Å². The molecule has 0 aromatic carbocycles. The van der Waals surface area contributed by atoms with E-state index in [1.165, 1.54) is 10.4 Å². The molecule has 3 aliphatic heterocycles. The Morgan fingerprint density at radius 1 is 1.35 bits per heavy atom. The summed E-state index contributed by atoms with van der Waals surface area (Å²) in [5.41, 5.74) is -1.16. The summed E-state index contributed by atoms with van der Waals surface area (Å²) in [4.78, 5) is 37.8. The summed E-state index contributed by atoms with van der Waals surface area (Å²) in [5.74, 6) is -5.22. The maximum atomic E-state index is 14.2. The van der Waals surface area contributed by atoms with Crippen LogP contribution in [0.1, 0.15) is 26.2 Å². The average molecular weight is 458 g/mol. The minimum Gasteiger partial charge on any atom is -0.400 e. The van der Waals surface area contributed by atoms with Crippen LogP contribution in [0.25, 0.3) is 0 Å². The van der Waals surface area contributed by atoms with E-state index in [1.54, 1.807) is 0 Å². The Labute approximate surface area is 178 Å². The number of likely N-dealkylation sites (tertiary alicyclic amines) is 1. The molecule has 3 rings (SSSR count). The molecule has 3 aliphatic rings. The third kappa shape index (κ3) is 4.86. The van der Waals surface area contributed by atoms with Gasteiger partial charge in [0.15, 0.2) is 0 Å². The van der Waals surface area contributed by atoms with Gasteiger partial charge in [-0.15, -0.1) is 0 Å². The van der Waals surface area contributed by atoms with Gasteiger partial charge < -0.3 is 14.8 Å². The molecule has 2 atom stereocenters. The molecular weight excluding hydrogens is 435 g/mol. The van der Waals surface area contributed by atoms with E-state index >= 15 is 0 Å². The molecule has 0 saturated carbocycles. The fraction of sp³-hybridized carbons (Fsp3) is 0.667. The van der Waals surface area contributed by atoms with Gasteiger partial charge in [0, 0.05) is 24.7 Å². The predicted molar refractivity (Wildman–Crippen MR) is 102 cm³/mol. The van der Waals surface area contributed by atoms with Crippen molar-refractivity contribution in [1.29, 1.82) is 5.26 Å². The second kappa shape index (κ2) is 8.18. The van der Waals surface area contributed by atoms with Gasteiger partial charge in [0.1, 0.15) is 17.8 Å². The summed E-state index contributed by atoms with van der Waals surface area (Å²) in [6, 6.07) is 1.50. The third-order valence-corrected chi connectivity index (χ3v) is 6.95. The van der Waals surface area contributed by atoms with Crippen molar-refractivity contribution in [3.8, 4) is 6.07 Å². The highest BCUT2D eigenvalue weighted by Gasteiger charge is 2.56. The van der Waals surface area contributed by atoms with Crippen LogP contribution >= 0.6 is 0 Å². The SMILES string of the molecule is CC1(NCC(=O)N2C[C@@H](F)C[C@@]23OC(=O)C=C(C#N)C(=O)O3)CCN(S(C)(=O)=O)CC1. The Balaban J connectivity index is 1.69. The lowest BCUT2D eigenvalue weighted by Crippen LogP contribution is -2.58. The molecule has 0 aliphatic carbocycles. The monoisotopic (exact) mass is 458 g/mol. The minimum absolute atomic E-state index is 0.280. The van der Waals surface area contributed by atoms with Crippen molar-refractivity contribution in [3.63, 3.8) is 0 Å². The fourth-order valence-corrected chi connectivity index (χ4v) is 4.66. The minimum atomic E-state index is -3.30. The Hall–Kier alpha value is -2.56. The number of nitrogens with zero attached hydrogens (tertiary/aromatic N) is 3. The summed E-state index contributed by atoms with van der Waals surface area (Å²) in [6.45, 7) is 1.68. The molecule has 13 heteroatoms. The highest BCUT2D eigenvalue weighted by molar-refractivity contribution is 7.88. The molecule has 1 spiro atoms. The van der Waals surface area contributed by atoms with Crippen LogP contribution in [0.5, 0.6) is 0 Å². The molecule has 0 aromatic heterocycles. The Bertz CT molecular complexity index is 968. The quantitative estimate of drug-likeness (QED) is 0.533. The summed E-state index contributed by atoms with van der Waals surface area (Å²) in [6.07, 6.45) is 0.493. The van der Waals surface area contributed by atoms with Crippen molar-refractivity contribution >= 4 is 27.9 Å². The number of rotatable bonds is 4. The van der Waals surface area contributed by atoms with Crippen molar-refractivity contribution in [1.82, 2.24) is 14.5 Å². The highest BCUT2D eigenvalue weighted by Crippen LogP contribution is 2.36. The first kappa shape index (κ1) is 23.1. The smallest absolute Gasteiger partial charge is 0.353 e. The molecule has 31 heavy (non-hydrogen) atoms. The van der Waals surface area contributed by atoms with Gasteiger partial charge in [-0.2, -0.15) is 5.26 Å². The van der Waals surface area contributed by atoms with Crippen molar-refractivity contribution in [3.05, 3.63) is 11.6 Å². The van der Waals surface area contributed by atoms with Gasteiger partial charge in [-0.1, -0.05) is 0 Å². The Morgan fingerprint density at radius 3 is 2.58 bits per heavy atom. The van der Waals surface area contributed by atoms with Crippen molar-refractivity contribution < 1.29 is 36.7 Å². The van der Waals surface area contributed by atoms with Crippen LogP contribution in [0.3, 0.4) is 0 Å². The standard InChI is InChI=1S/C18H23FN4O7S/c1-17(3-5-22(6-4-17)31(2,27)28)21-10-14(24)23-11-13(19)8-18(23)29-15(25)7-12(9-20)16(26)30-18/h7,13,21H,3-6,8,10-11H2,1-2H3/t13-,18-/m0/s1. The van der Waals surface area contributed by atoms with Crippen LogP contribution in [0.2, 0.25) is 0 Å². The number of carbonyl (C=O) groups excluding carboxylic acids is 3. The van der Waals surface area contributed by atoms with Gasteiger partial charge in [-0.3, -0.25) is 9.69 Å². The normalized spacial score (nSPS) is 29.0. The highest BCUT2D eigenvalue weighted by atomic mass is 32.2. The number of nitriles is 1. The van der Waals surface area contributed by atoms with Gasteiger partial charge in [0.2, 0.25) is 15.9 Å². The molecule has 3 heterocycles. The molecule has 11 nitrogen and oxygen atoms in total. The maximum Gasteiger partial charge on any atom is 0.353 e. The number of halogens is 1. The number of ether oxygens (including phenoxy) is 2. The molecule has 1 N–H and O–H groups in total. The van der Waals surface area contributed by atoms with Gasteiger partial charge in [0.05, 0.1) is 25.8 Å². The molecule has 170 valence electrons. The van der Waals surface area contributed by atoms with E-state index in [4.69, 9.17) is 14.7 Å². The number of carbonyl (C=O) groups is 3. The van der Waals surface area contributed by atoms with Crippen molar-refractivity contribution in [2.75, 3.05) is 32.4 Å². The van der Waals surface area contributed by atoms with E-state index < -0.39 is 64.0 Å². The van der Waals surface area contributed by atoms with E-state index in [0.717, 1.165) is 11.2 Å². The first-order valence-electron chi connectivity index (χ1n) is 9.60. The molecular formula is C18H23FN4O7S. The summed E-state index contributed by atoms with van der Waals surface area (Å²) >= 11 is 0. The second-order valence-corrected chi connectivity index (χ2v) is 10.1. The van der Waals surface area contributed by atoms with Gasteiger partial charge in [-0.25, -0.2) is 26.7 Å². The third-order valence-electron chi connectivity index (χ3n) is 5.65.